The van der Waals surface area contributed by atoms with E-state index in [1.807, 2.05) is 11.8 Å². The molecule has 5 nitrogen and oxygen atoms in total. The highest BCUT2D eigenvalue weighted by Crippen LogP contribution is 2.46. The second-order valence-corrected chi connectivity index (χ2v) is 7.48. The van der Waals surface area contributed by atoms with E-state index in [4.69, 9.17) is 5.11 Å². The number of carboxylic acids is 1. The summed E-state index contributed by atoms with van der Waals surface area (Å²) in [5.74, 6) is 0.00297. The lowest BCUT2D eigenvalue weighted by Crippen LogP contribution is -2.58. The van der Waals surface area contributed by atoms with Crippen LogP contribution in [-0.4, -0.2) is 47.1 Å². The van der Waals surface area contributed by atoms with Gasteiger partial charge in [-0.15, -0.1) is 0 Å². The summed E-state index contributed by atoms with van der Waals surface area (Å²) in [5, 5.41) is 12.1. The van der Waals surface area contributed by atoms with Crippen LogP contribution in [0.4, 0.5) is 0 Å². The van der Waals surface area contributed by atoms with Crippen molar-refractivity contribution in [3.8, 4) is 0 Å². The molecule has 126 valence electrons. The van der Waals surface area contributed by atoms with Gasteiger partial charge in [0.1, 0.15) is 0 Å². The summed E-state index contributed by atoms with van der Waals surface area (Å²) in [4.78, 5) is 25.4. The van der Waals surface area contributed by atoms with Crippen LogP contribution in [0.15, 0.2) is 0 Å². The van der Waals surface area contributed by atoms with Crippen LogP contribution in [0.2, 0.25) is 0 Å². The molecule has 2 N–H and O–H groups in total. The van der Waals surface area contributed by atoms with Gasteiger partial charge >= 0.3 is 5.97 Å². The molecule has 0 heterocycles. The number of likely N-dealkylation sites (N-methyl/N-ethyl adjacent to an activating group) is 1. The van der Waals surface area contributed by atoms with Crippen molar-refractivity contribution in [2.45, 2.75) is 71.4 Å². The zero-order chi connectivity index (χ0) is 16.3. The Balaban J connectivity index is 1.79. The van der Waals surface area contributed by atoms with E-state index in [1.165, 1.54) is 0 Å². The Morgan fingerprint density at radius 2 is 1.95 bits per heavy atom. The molecule has 5 heteroatoms. The van der Waals surface area contributed by atoms with E-state index in [-0.39, 0.29) is 23.9 Å². The number of nitrogens with one attached hydrogen (secondary N) is 1. The van der Waals surface area contributed by atoms with Gasteiger partial charge in [0.05, 0.1) is 6.54 Å². The number of hydrogen-bond donors (Lipinski definition) is 2. The normalized spacial score (nSPS) is 26.4. The molecule has 22 heavy (non-hydrogen) atoms. The molecule has 0 aromatic carbocycles. The first-order valence-corrected chi connectivity index (χ1v) is 8.63. The molecular formula is C17H30N2O3. The Kier molecular flexibility index (Phi) is 5.48. The monoisotopic (exact) mass is 310 g/mol. The van der Waals surface area contributed by atoms with Gasteiger partial charge in [-0.3, -0.25) is 14.5 Å². The van der Waals surface area contributed by atoms with Gasteiger partial charge in [-0.2, -0.15) is 0 Å². The lowest BCUT2D eigenvalue weighted by molar-refractivity contribution is -0.142. The molecule has 0 saturated heterocycles. The van der Waals surface area contributed by atoms with Crippen molar-refractivity contribution < 1.29 is 14.7 Å². The van der Waals surface area contributed by atoms with Gasteiger partial charge in [-0.25, -0.2) is 0 Å². The quantitative estimate of drug-likeness (QED) is 0.721. The van der Waals surface area contributed by atoms with Gasteiger partial charge in [0.2, 0.25) is 5.91 Å². The number of carbonyl (C=O) groups is 2. The third-order valence-corrected chi connectivity index (χ3v) is 5.30. The van der Waals surface area contributed by atoms with E-state index >= 15 is 0 Å². The van der Waals surface area contributed by atoms with Crippen LogP contribution in [0.1, 0.15) is 59.3 Å². The Morgan fingerprint density at radius 1 is 1.32 bits per heavy atom. The highest BCUT2D eigenvalue weighted by Gasteiger charge is 2.46. The smallest absolute Gasteiger partial charge is 0.317 e. The van der Waals surface area contributed by atoms with Crippen LogP contribution in [0.3, 0.4) is 0 Å². The molecule has 0 aliphatic heterocycles. The van der Waals surface area contributed by atoms with Gasteiger partial charge in [-0.05, 0) is 44.6 Å². The van der Waals surface area contributed by atoms with Gasteiger partial charge in [0, 0.05) is 17.5 Å². The molecule has 0 atom stereocenters. The molecule has 2 aliphatic rings. The van der Waals surface area contributed by atoms with Crippen molar-refractivity contribution in [3.63, 3.8) is 0 Å². The largest absolute Gasteiger partial charge is 0.480 e. The number of carboxylic acid groups (broad SMARTS) is 1. The Morgan fingerprint density at radius 3 is 2.36 bits per heavy atom. The molecule has 2 aliphatic carbocycles. The van der Waals surface area contributed by atoms with Crippen molar-refractivity contribution in [2.24, 2.45) is 11.3 Å². The SMILES string of the molecule is CCN(CC(=O)O)C1CC(NC(=O)C2(CC(C)C)CCC2)C1. The molecule has 2 rings (SSSR count). The number of carbonyl (C=O) groups excluding carboxylic acids is 1. The van der Waals surface area contributed by atoms with E-state index in [9.17, 15) is 9.59 Å². The van der Waals surface area contributed by atoms with Crippen molar-refractivity contribution in [1.29, 1.82) is 0 Å². The zero-order valence-electron chi connectivity index (χ0n) is 14.1. The summed E-state index contributed by atoms with van der Waals surface area (Å²) >= 11 is 0. The highest BCUT2D eigenvalue weighted by atomic mass is 16.4. The number of rotatable bonds is 8. The average Bonchev–Trinajstić information content (AvgIpc) is 2.34. The molecule has 0 spiro atoms. The fraction of sp³-hybridized carbons (Fsp3) is 0.882. The fourth-order valence-corrected chi connectivity index (χ4v) is 3.92. The summed E-state index contributed by atoms with van der Waals surface area (Å²) in [6, 6.07) is 0.527. The zero-order valence-corrected chi connectivity index (χ0v) is 14.1. The van der Waals surface area contributed by atoms with Crippen LogP contribution in [0.25, 0.3) is 0 Å². The molecule has 0 radical (unpaired) electrons. The van der Waals surface area contributed by atoms with Crippen LogP contribution < -0.4 is 5.32 Å². The van der Waals surface area contributed by atoms with Crippen LogP contribution >= 0.6 is 0 Å². The van der Waals surface area contributed by atoms with Gasteiger partial charge in [0.25, 0.3) is 0 Å². The Hall–Kier alpha value is -1.10. The van der Waals surface area contributed by atoms with Crippen molar-refractivity contribution in [2.75, 3.05) is 13.1 Å². The minimum Gasteiger partial charge on any atom is -0.480 e. The van der Waals surface area contributed by atoms with Crippen molar-refractivity contribution in [1.82, 2.24) is 10.2 Å². The summed E-state index contributed by atoms with van der Waals surface area (Å²) in [7, 11) is 0. The average molecular weight is 310 g/mol. The lowest BCUT2D eigenvalue weighted by Gasteiger charge is -2.46. The van der Waals surface area contributed by atoms with E-state index in [2.05, 4.69) is 19.2 Å². The summed E-state index contributed by atoms with van der Waals surface area (Å²) in [6.45, 7) is 7.18. The Bertz CT molecular complexity index is 412. The third kappa shape index (κ3) is 3.80. The second kappa shape index (κ2) is 6.99. The maximum absolute atomic E-state index is 12.6. The molecule has 0 aromatic heterocycles. The number of hydrogen-bond acceptors (Lipinski definition) is 3. The number of nitrogens with zero attached hydrogens (tertiary/aromatic N) is 1. The van der Waals surface area contributed by atoms with E-state index < -0.39 is 5.97 Å². The maximum atomic E-state index is 12.6. The minimum atomic E-state index is -0.778. The highest BCUT2D eigenvalue weighted by molar-refractivity contribution is 5.83. The molecule has 0 bridgehead atoms. The lowest BCUT2D eigenvalue weighted by atomic mass is 9.63. The van der Waals surface area contributed by atoms with E-state index in [0.717, 1.165) is 45.1 Å². The predicted molar refractivity (Wildman–Crippen MR) is 85.6 cm³/mol. The molecule has 2 fully saturated rings. The second-order valence-electron chi connectivity index (χ2n) is 7.48. The van der Waals surface area contributed by atoms with Crippen LogP contribution in [-0.2, 0) is 9.59 Å². The molecule has 0 aromatic rings. The van der Waals surface area contributed by atoms with Gasteiger partial charge < -0.3 is 10.4 Å². The number of aliphatic carboxylic acids is 1. The van der Waals surface area contributed by atoms with Crippen LogP contribution in [0.5, 0.6) is 0 Å². The molecule has 0 unspecified atom stereocenters. The summed E-state index contributed by atoms with van der Waals surface area (Å²) in [5.41, 5.74) is -0.120. The standard InChI is InChI=1S/C17H30N2O3/c1-4-19(11-15(20)21)14-8-13(9-14)18-16(22)17(6-5-7-17)10-12(2)3/h12-14H,4-11H2,1-3H3,(H,18,22)(H,20,21). The number of amides is 1. The predicted octanol–water partition coefficient (Wildman–Crippen LogP) is 2.26. The Labute approximate surface area is 133 Å². The molecular weight excluding hydrogens is 280 g/mol. The van der Waals surface area contributed by atoms with E-state index in [0.29, 0.717) is 12.0 Å². The first-order valence-electron chi connectivity index (χ1n) is 8.63. The third-order valence-electron chi connectivity index (χ3n) is 5.30. The van der Waals surface area contributed by atoms with Gasteiger partial charge in [0.15, 0.2) is 0 Å². The minimum absolute atomic E-state index is 0.0963. The first-order chi connectivity index (χ1) is 10.4. The van der Waals surface area contributed by atoms with Gasteiger partial charge in [-0.1, -0.05) is 27.2 Å². The van der Waals surface area contributed by atoms with Crippen LogP contribution in [0, 0.1) is 11.3 Å². The maximum Gasteiger partial charge on any atom is 0.317 e. The topological polar surface area (TPSA) is 69.6 Å². The summed E-state index contributed by atoms with van der Waals surface area (Å²) < 4.78 is 0. The first kappa shape index (κ1) is 17.3. The molecule has 2 saturated carbocycles. The molecule has 1 amide bonds. The van der Waals surface area contributed by atoms with E-state index in [1.54, 1.807) is 0 Å². The van der Waals surface area contributed by atoms with Crippen molar-refractivity contribution in [3.05, 3.63) is 0 Å². The summed E-state index contributed by atoms with van der Waals surface area (Å²) in [6.07, 6.45) is 5.94. The van der Waals surface area contributed by atoms with Crippen molar-refractivity contribution >= 4 is 11.9 Å². The fourth-order valence-electron chi connectivity index (χ4n) is 3.92.